The second kappa shape index (κ2) is 8.18. The van der Waals surface area contributed by atoms with Gasteiger partial charge >= 0.3 is 0 Å². The fourth-order valence-electron chi connectivity index (χ4n) is 3.35. The van der Waals surface area contributed by atoms with Crippen molar-refractivity contribution in [2.75, 3.05) is 4.72 Å². The van der Waals surface area contributed by atoms with E-state index in [9.17, 15) is 18.0 Å². The summed E-state index contributed by atoms with van der Waals surface area (Å²) in [4.78, 5) is 25.2. The van der Waals surface area contributed by atoms with Gasteiger partial charge in [0.25, 0.3) is 15.6 Å². The van der Waals surface area contributed by atoms with Crippen LogP contribution in [-0.4, -0.2) is 24.9 Å². The molecule has 8 heteroatoms. The first kappa shape index (κ1) is 20.1. The van der Waals surface area contributed by atoms with Gasteiger partial charge < -0.3 is 9.88 Å². The van der Waals surface area contributed by atoms with Crippen LogP contribution in [-0.2, 0) is 21.4 Å². The van der Waals surface area contributed by atoms with Gasteiger partial charge in [-0.05, 0) is 51.0 Å². The molecule has 1 aromatic carbocycles. The lowest BCUT2D eigenvalue weighted by Crippen LogP contribution is -2.38. The van der Waals surface area contributed by atoms with Crippen molar-refractivity contribution < 1.29 is 13.2 Å². The number of benzene rings is 1. The largest absolute Gasteiger partial charge is 0.352 e. The summed E-state index contributed by atoms with van der Waals surface area (Å²) in [6.45, 7) is 3.43. The van der Waals surface area contributed by atoms with Crippen molar-refractivity contribution in [1.29, 1.82) is 0 Å². The zero-order valence-electron chi connectivity index (χ0n) is 16.1. The van der Waals surface area contributed by atoms with Crippen molar-refractivity contribution in [2.24, 2.45) is 0 Å². The minimum absolute atomic E-state index is 0.0728. The summed E-state index contributed by atoms with van der Waals surface area (Å²) in [5.41, 5.74) is 0.895. The number of aryl methyl sites for hydroxylation is 2. The zero-order chi connectivity index (χ0) is 20.3. The smallest absolute Gasteiger partial charge is 0.275 e. The number of nitrogens with one attached hydrogen (secondary N) is 2. The molecule has 1 fully saturated rings. The van der Waals surface area contributed by atoms with E-state index in [-0.39, 0.29) is 29.1 Å². The van der Waals surface area contributed by atoms with Crippen LogP contribution in [0.2, 0.25) is 0 Å². The van der Waals surface area contributed by atoms with E-state index in [2.05, 4.69) is 10.0 Å². The zero-order valence-corrected chi connectivity index (χ0v) is 16.9. The second-order valence-electron chi connectivity index (χ2n) is 7.25. The van der Waals surface area contributed by atoms with Crippen molar-refractivity contribution in [3.63, 3.8) is 0 Å². The molecule has 150 valence electrons. The quantitative estimate of drug-likeness (QED) is 0.773. The number of pyridine rings is 1. The third-order valence-electron chi connectivity index (χ3n) is 4.99. The van der Waals surface area contributed by atoms with Gasteiger partial charge in [-0.1, -0.05) is 30.5 Å². The highest BCUT2D eigenvalue weighted by molar-refractivity contribution is 7.92. The molecule has 1 aliphatic carbocycles. The van der Waals surface area contributed by atoms with Crippen LogP contribution in [0.3, 0.4) is 0 Å². The fraction of sp³-hybridized carbons (Fsp3) is 0.400. The Kier molecular flexibility index (Phi) is 5.88. The Bertz CT molecular complexity index is 1020. The van der Waals surface area contributed by atoms with Crippen molar-refractivity contribution in [3.05, 3.63) is 58.0 Å². The summed E-state index contributed by atoms with van der Waals surface area (Å²) in [6.07, 6.45) is 4.10. The van der Waals surface area contributed by atoms with Crippen LogP contribution in [0.5, 0.6) is 0 Å². The first-order valence-electron chi connectivity index (χ1n) is 9.35. The molecule has 28 heavy (non-hydrogen) atoms. The van der Waals surface area contributed by atoms with Crippen LogP contribution >= 0.6 is 0 Å². The normalized spacial score (nSPS) is 14.8. The van der Waals surface area contributed by atoms with Gasteiger partial charge in [-0.25, -0.2) is 8.42 Å². The van der Waals surface area contributed by atoms with Gasteiger partial charge in [0.15, 0.2) is 0 Å². The number of hydrogen-bond donors (Lipinski definition) is 2. The molecule has 2 aromatic rings. The van der Waals surface area contributed by atoms with E-state index in [1.807, 2.05) is 6.92 Å². The Morgan fingerprint density at radius 1 is 1.07 bits per heavy atom. The van der Waals surface area contributed by atoms with E-state index in [1.54, 1.807) is 25.1 Å². The predicted molar refractivity (Wildman–Crippen MR) is 108 cm³/mol. The average molecular weight is 404 g/mol. The summed E-state index contributed by atoms with van der Waals surface area (Å²) in [7, 11) is -3.89. The van der Waals surface area contributed by atoms with Gasteiger partial charge in [0.05, 0.1) is 4.90 Å². The number of aromatic nitrogens is 1. The number of rotatable bonds is 6. The van der Waals surface area contributed by atoms with Gasteiger partial charge in [-0.15, -0.1) is 0 Å². The van der Waals surface area contributed by atoms with Crippen molar-refractivity contribution >= 4 is 21.6 Å². The maximum absolute atomic E-state index is 12.8. The predicted octanol–water partition coefficient (Wildman–Crippen LogP) is 2.32. The van der Waals surface area contributed by atoms with Gasteiger partial charge in [0, 0.05) is 11.7 Å². The van der Waals surface area contributed by atoms with Gasteiger partial charge in [-0.2, -0.15) is 0 Å². The molecule has 0 unspecified atom stereocenters. The molecule has 7 nitrogen and oxygen atoms in total. The molecule has 1 saturated carbocycles. The molecule has 1 heterocycles. The number of hydrogen-bond acceptors (Lipinski definition) is 4. The van der Waals surface area contributed by atoms with E-state index in [1.165, 1.54) is 22.8 Å². The Labute approximate surface area is 164 Å². The monoisotopic (exact) mass is 403 g/mol. The van der Waals surface area contributed by atoms with Gasteiger partial charge in [-0.3, -0.25) is 14.3 Å². The number of sulfonamides is 1. The van der Waals surface area contributed by atoms with E-state index in [4.69, 9.17) is 0 Å². The minimum atomic E-state index is -3.89. The molecule has 1 amide bonds. The Hall–Kier alpha value is -2.61. The molecule has 2 N–H and O–H groups in total. The number of carbonyl (C=O) groups excluding carboxylic acids is 1. The second-order valence-corrected chi connectivity index (χ2v) is 8.93. The molecule has 0 spiro atoms. The molecule has 1 aromatic heterocycles. The van der Waals surface area contributed by atoms with Crippen molar-refractivity contribution in [2.45, 2.75) is 57.0 Å². The van der Waals surface area contributed by atoms with E-state index >= 15 is 0 Å². The van der Waals surface area contributed by atoms with Crippen LogP contribution < -0.4 is 15.6 Å². The van der Waals surface area contributed by atoms with Crippen molar-refractivity contribution in [1.82, 2.24) is 9.88 Å². The van der Waals surface area contributed by atoms with E-state index < -0.39 is 15.6 Å². The number of anilines is 1. The van der Waals surface area contributed by atoms with Crippen LogP contribution in [0.25, 0.3) is 0 Å². The molecule has 0 saturated heterocycles. The average Bonchev–Trinajstić information content (AvgIpc) is 3.14. The molecule has 0 bridgehead atoms. The van der Waals surface area contributed by atoms with E-state index in [0.29, 0.717) is 5.69 Å². The number of amides is 1. The SMILES string of the molecule is Cc1ccc(S(=O)(=O)Nc2ccc(C)n(CC(=O)NC3CCCC3)c2=O)cc1. The van der Waals surface area contributed by atoms with Crippen LogP contribution in [0, 0.1) is 13.8 Å². The standard InChI is InChI=1S/C20H25N3O4S/c1-14-7-10-17(11-8-14)28(26,27)22-18-12-9-15(2)23(20(18)25)13-19(24)21-16-5-3-4-6-16/h7-12,16,22H,3-6,13H2,1-2H3,(H,21,24). The summed E-state index contributed by atoms with van der Waals surface area (Å²) in [6, 6.07) is 9.56. The lowest BCUT2D eigenvalue weighted by Gasteiger charge is -2.16. The highest BCUT2D eigenvalue weighted by Crippen LogP contribution is 2.18. The fourth-order valence-corrected chi connectivity index (χ4v) is 4.41. The third-order valence-corrected chi connectivity index (χ3v) is 6.37. The molecule has 3 rings (SSSR count). The highest BCUT2D eigenvalue weighted by atomic mass is 32.2. The molecule has 0 radical (unpaired) electrons. The summed E-state index contributed by atoms with van der Waals surface area (Å²) in [5, 5.41) is 2.94. The molecular weight excluding hydrogens is 378 g/mol. The topological polar surface area (TPSA) is 97.3 Å². The summed E-state index contributed by atoms with van der Waals surface area (Å²) >= 11 is 0. The van der Waals surface area contributed by atoms with E-state index in [0.717, 1.165) is 31.2 Å². The highest BCUT2D eigenvalue weighted by Gasteiger charge is 2.20. The van der Waals surface area contributed by atoms with Crippen LogP contribution in [0.4, 0.5) is 5.69 Å². The minimum Gasteiger partial charge on any atom is -0.352 e. The first-order chi connectivity index (χ1) is 13.3. The number of carbonyl (C=O) groups is 1. The van der Waals surface area contributed by atoms with Crippen LogP contribution in [0.15, 0.2) is 46.1 Å². The van der Waals surface area contributed by atoms with Gasteiger partial charge in [0.1, 0.15) is 12.2 Å². The molecule has 0 aliphatic heterocycles. The molecule has 0 atom stereocenters. The Balaban J connectivity index is 1.81. The first-order valence-corrected chi connectivity index (χ1v) is 10.8. The maximum Gasteiger partial charge on any atom is 0.275 e. The molecule has 1 aliphatic rings. The van der Waals surface area contributed by atoms with Crippen molar-refractivity contribution in [3.8, 4) is 0 Å². The Morgan fingerprint density at radius 2 is 1.71 bits per heavy atom. The number of nitrogens with zero attached hydrogens (tertiary/aromatic N) is 1. The summed E-state index contributed by atoms with van der Waals surface area (Å²) < 4.78 is 28.8. The van der Waals surface area contributed by atoms with Crippen LogP contribution in [0.1, 0.15) is 36.9 Å². The Morgan fingerprint density at radius 3 is 2.36 bits per heavy atom. The molecular formula is C20H25N3O4S. The maximum atomic E-state index is 12.8. The summed E-state index contributed by atoms with van der Waals surface area (Å²) in [5.74, 6) is -0.240. The lowest BCUT2D eigenvalue weighted by molar-refractivity contribution is -0.122. The third kappa shape index (κ3) is 4.62. The van der Waals surface area contributed by atoms with Gasteiger partial charge in [0.2, 0.25) is 5.91 Å². The lowest BCUT2D eigenvalue weighted by atomic mass is 10.2.